The highest BCUT2D eigenvalue weighted by Gasteiger charge is 2.42. The summed E-state index contributed by atoms with van der Waals surface area (Å²) in [7, 11) is -1.87. The van der Waals surface area contributed by atoms with Crippen LogP contribution in [0.3, 0.4) is 0 Å². The molecule has 1 amide bonds. The van der Waals surface area contributed by atoms with Crippen LogP contribution in [-0.4, -0.2) is 42.9 Å². The second kappa shape index (κ2) is 4.83. The van der Waals surface area contributed by atoms with Crippen LogP contribution in [0.25, 0.3) is 0 Å². The molecule has 16 heavy (non-hydrogen) atoms. The van der Waals surface area contributed by atoms with Crippen molar-refractivity contribution < 1.29 is 18.0 Å². The maximum Gasteiger partial charge on any atom is 0.477 e. The summed E-state index contributed by atoms with van der Waals surface area (Å²) in [5.74, 6) is -1.95. The molecule has 1 aliphatic rings. The van der Waals surface area contributed by atoms with Crippen LogP contribution in [0.4, 0.5) is 13.2 Å². The molecule has 1 heterocycles. The van der Waals surface area contributed by atoms with E-state index in [-0.39, 0.29) is 5.25 Å². The van der Waals surface area contributed by atoms with E-state index in [9.17, 15) is 18.0 Å². The van der Waals surface area contributed by atoms with Gasteiger partial charge in [-0.2, -0.15) is 13.2 Å². The van der Waals surface area contributed by atoms with E-state index in [1.165, 1.54) is 0 Å². The molecule has 3 nitrogen and oxygen atoms in total. The minimum absolute atomic E-state index is 0.0625. The van der Waals surface area contributed by atoms with Crippen LogP contribution in [0.1, 0.15) is 12.8 Å². The Bertz CT molecular complexity index is 315. The number of nitrogens with one attached hydrogen (secondary N) is 1. The first kappa shape index (κ1) is 13.6. The summed E-state index contributed by atoms with van der Waals surface area (Å²) in [5, 5.41) is 3.18. The highest BCUT2D eigenvalue weighted by Crippen LogP contribution is 2.22. The average Bonchev–Trinajstić information content (AvgIpc) is 2.17. The standard InChI is InChI=1S/C9H16F3N2OS/c1-16(2,7-4-3-5-13-6-7)14-8(15)9(10,11)12/h7,13H,3-6H2,1-2H3/q+1. The molecular formula is C9H16F3N2OS+. The summed E-state index contributed by atoms with van der Waals surface area (Å²) < 4.78 is 39.7. The Kier molecular flexibility index (Phi) is 4.12. The van der Waals surface area contributed by atoms with Gasteiger partial charge in [0.15, 0.2) is 0 Å². The van der Waals surface area contributed by atoms with Crippen molar-refractivity contribution in [3.63, 3.8) is 0 Å². The summed E-state index contributed by atoms with van der Waals surface area (Å²) in [4.78, 5) is 10.8. The number of amides is 1. The fourth-order valence-corrected chi connectivity index (χ4v) is 3.60. The topological polar surface area (TPSA) is 41.5 Å². The molecule has 0 spiro atoms. The van der Waals surface area contributed by atoms with Gasteiger partial charge in [0.2, 0.25) is 0 Å². The van der Waals surface area contributed by atoms with Gasteiger partial charge < -0.3 is 5.32 Å². The van der Waals surface area contributed by atoms with E-state index in [0.717, 1.165) is 19.4 Å². The van der Waals surface area contributed by atoms with Crippen molar-refractivity contribution in [2.45, 2.75) is 24.3 Å². The third-order valence-electron chi connectivity index (χ3n) is 2.63. The predicted octanol–water partition coefficient (Wildman–Crippen LogP) is 1.42. The normalized spacial score (nSPS) is 22.9. The molecule has 0 saturated carbocycles. The Labute approximate surface area is 93.9 Å². The van der Waals surface area contributed by atoms with E-state index < -0.39 is 21.9 Å². The second-order valence-electron chi connectivity index (χ2n) is 4.21. The van der Waals surface area contributed by atoms with Crippen molar-refractivity contribution in [2.24, 2.45) is 4.36 Å². The van der Waals surface area contributed by atoms with Crippen LogP contribution in [0, 0.1) is 0 Å². The van der Waals surface area contributed by atoms with Crippen molar-refractivity contribution in [2.75, 3.05) is 25.6 Å². The van der Waals surface area contributed by atoms with Crippen LogP contribution in [0.15, 0.2) is 4.36 Å². The molecular weight excluding hydrogens is 241 g/mol. The van der Waals surface area contributed by atoms with Gasteiger partial charge >= 0.3 is 12.1 Å². The predicted molar refractivity (Wildman–Crippen MR) is 58.6 cm³/mol. The zero-order valence-corrected chi connectivity index (χ0v) is 10.1. The maximum absolute atomic E-state index is 12.1. The number of piperidine rings is 1. The van der Waals surface area contributed by atoms with Gasteiger partial charge in [-0.05, 0) is 29.2 Å². The van der Waals surface area contributed by atoms with Gasteiger partial charge in [-0.25, -0.2) is 0 Å². The van der Waals surface area contributed by atoms with Gasteiger partial charge in [-0.1, -0.05) is 4.36 Å². The summed E-state index contributed by atoms with van der Waals surface area (Å²) in [6.45, 7) is 1.54. The van der Waals surface area contributed by atoms with Gasteiger partial charge in [0.1, 0.15) is 5.25 Å². The lowest BCUT2D eigenvalue weighted by atomic mass is 10.2. The molecule has 1 saturated heterocycles. The Morgan fingerprint density at radius 2 is 2.06 bits per heavy atom. The van der Waals surface area contributed by atoms with E-state index in [4.69, 9.17) is 0 Å². The lowest BCUT2D eigenvalue weighted by Crippen LogP contribution is -2.41. The van der Waals surface area contributed by atoms with Crippen LogP contribution in [0.5, 0.6) is 0 Å². The van der Waals surface area contributed by atoms with E-state index in [0.29, 0.717) is 6.54 Å². The molecule has 0 aromatic heterocycles. The molecule has 1 aliphatic heterocycles. The van der Waals surface area contributed by atoms with E-state index in [1.54, 1.807) is 12.5 Å². The Balaban J connectivity index is 2.82. The quantitative estimate of drug-likeness (QED) is 0.722. The molecule has 0 radical (unpaired) electrons. The molecule has 1 fully saturated rings. The largest absolute Gasteiger partial charge is 0.477 e. The smallest absolute Gasteiger partial charge is 0.312 e. The molecule has 0 bridgehead atoms. The number of carbonyl (C=O) groups excluding carboxylic acids is 1. The van der Waals surface area contributed by atoms with Gasteiger partial charge in [0, 0.05) is 6.54 Å². The second-order valence-corrected chi connectivity index (χ2v) is 7.76. The van der Waals surface area contributed by atoms with Gasteiger partial charge in [-0.15, -0.1) is 0 Å². The number of alkyl halides is 3. The summed E-state index contributed by atoms with van der Waals surface area (Å²) in [5.41, 5.74) is 0. The lowest BCUT2D eigenvalue weighted by molar-refractivity contribution is -0.169. The first-order valence-corrected chi connectivity index (χ1v) is 7.47. The Morgan fingerprint density at radius 1 is 1.44 bits per heavy atom. The van der Waals surface area contributed by atoms with E-state index in [2.05, 4.69) is 9.68 Å². The van der Waals surface area contributed by atoms with E-state index in [1.807, 2.05) is 0 Å². The maximum atomic E-state index is 12.1. The van der Waals surface area contributed by atoms with Crippen molar-refractivity contribution in [1.29, 1.82) is 0 Å². The summed E-state index contributed by atoms with van der Waals surface area (Å²) >= 11 is 0. The van der Waals surface area contributed by atoms with Crippen LogP contribution >= 0.6 is 0 Å². The van der Waals surface area contributed by atoms with Crippen molar-refractivity contribution in [3.8, 4) is 0 Å². The number of carbonyl (C=O) groups is 1. The first-order valence-electron chi connectivity index (χ1n) is 5.00. The molecule has 0 aliphatic carbocycles. The molecule has 1 unspecified atom stereocenters. The van der Waals surface area contributed by atoms with Gasteiger partial charge in [0.25, 0.3) is 0 Å². The third-order valence-corrected chi connectivity index (χ3v) is 5.30. The fourth-order valence-electron chi connectivity index (χ4n) is 1.65. The molecule has 94 valence electrons. The molecule has 1 rings (SSSR count). The minimum Gasteiger partial charge on any atom is -0.312 e. The third kappa shape index (κ3) is 3.55. The summed E-state index contributed by atoms with van der Waals surface area (Å²) in [6.07, 6.45) is 0.246. The summed E-state index contributed by atoms with van der Waals surface area (Å²) in [6, 6.07) is 0. The monoisotopic (exact) mass is 257 g/mol. The average molecular weight is 257 g/mol. The van der Waals surface area contributed by atoms with Crippen molar-refractivity contribution in [1.82, 2.24) is 5.32 Å². The SMILES string of the molecule is C[S+](C)(=NC(=O)C(F)(F)F)C1CCCNC1. The van der Waals surface area contributed by atoms with Gasteiger partial charge in [-0.3, -0.25) is 4.79 Å². The lowest BCUT2D eigenvalue weighted by Gasteiger charge is -2.25. The number of halogens is 3. The molecule has 0 aromatic rings. The highest BCUT2D eigenvalue weighted by molar-refractivity contribution is 8.04. The molecule has 1 atom stereocenters. The number of rotatable bonds is 1. The number of hydrogen-bond acceptors (Lipinski definition) is 2. The van der Waals surface area contributed by atoms with Crippen molar-refractivity contribution in [3.05, 3.63) is 0 Å². The van der Waals surface area contributed by atoms with Crippen LogP contribution in [0.2, 0.25) is 0 Å². The number of hydrogen-bond donors (Lipinski definition) is 1. The molecule has 0 aromatic carbocycles. The van der Waals surface area contributed by atoms with Crippen LogP contribution in [-0.2, 0) is 14.6 Å². The zero-order chi connectivity index (χ0) is 12.4. The molecule has 7 heteroatoms. The Hall–Kier alpha value is -0.430. The minimum atomic E-state index is -4.84. The number of nitrogens with zero attached hydrogens (tertiary/aromatic N) is 1. The van der Waals surface area contributed by atoms with E-state index >= 15 is 0 Å². The van der Waals surface area contributed by atoms with Crippen molar-refractivity contribution >= 4 is 15.7 Å². The van der Waals surface area contributed by atoms with Crippen LogP contribution < -0.4 is 5.32 Å². The zero-order valence-electron chi connectivity index (χ0n) is 9.30. The fraction of sp³-hybridized carbons (Fsp3) is 0.889. The Morgan fingerprint density at radius 3 is 2.50 bits per heavy atom. The first-order chi connectivity index (χ1) is 7.23. The van der Waals surface area contributed by atoms with Gasteiger partial charge in [0.05, 0.1) is 12.5 Å². The highest BCUT2D eigenvalue weighted by atomic mass is 32.2. The molecule has 1 N–H and O–H groups in total.